The molecule has 7 heteroatoms. The lowest BCUT2D eigenvalue weighted by atomic mass is 10.2. The lowest BCUT2D eigenvalue weighted by molar-refractivity contribution is -0.763. The van der Waals surface area contributed by atoms with E-state index in [9.17, 15) is 0 Å². The van der Waals surface area contributed by atoms with Crippen LogP contribution in [0.5, 0.6) is 0 Å². The van der Waals surface area contributed by atoms with Crippen LogP contribution in [0.3, 0.4) is 0 Å². The summed E-state index contributed by atoms with van der Waals surface area (Å²) in [5.41, 5.74) is 12.9. The maximum absolute atomic E-state index is 5.70. The number of ether oxygens (including phenoxy) is 2. The number of aromatic amines is 1. The summed E-state index contributed by atoms with van der Waals surface area (Å²) in [5.74, 6) is 0. The van der Waals surface area contributed by atoms with Gasteiger partial charge in [0.25, 0.3) is 0 Å². The molecule has 0 saturated carbocycles. The zero-order valence-corrected chi connectivity index (χ0v) is 12.4. The van der Waals surface area contributed by atoms with Crippen LogP contribution in [0.4, 0.5) is 5.69 Å². The van der Waals surface area contributed by atoms with Gasteiger partial charge in [-0.25, -0.2) is 0 Å². The summed E-state index contributed by atoms with van der Waals surface area (Å²) in [5, 5.41) is 6.30. The number of anilines is 1. The first-order chi connectivity index (χ1) is 9.62. The van der Waals surface area contributed by atoms with Crippen LogP contribution in [0.25, 0.3) is 0 Å². The van der Waals surface area contributed by atoms with E-state index in [4.69, 9.17) is 20.9 Å². The van der Waals surface area contributed by atoms with Crippen molar-refractivity contribution in [3.05, 3.63) is 24.3 Å². The van der Waals surface area contributed by atoms with E-state index in [0.29, 0.717) is 25.4 Å². The molecule has 1 heterocycles. The summed E-state index contributed by atoms with van der Waals surface area (Å²) in [6.45, 7) is 7.62. The minimum absolute atomic E-state index is 0.0150. The first-order valence-electron chi connectivity index (χ1n) is 6.86. The molecule has 1 atom stereocenters. The summed E-state index contributed by atoms with van der Waals surface area (Å²) in [6.07, 6.45) is 4.81. The number of nitrogens with one attached hydrogen (secondary N) is 2. The zero-order valence-electron chi connectivity index (χ0n) is 12.4. The molecule has 1 aromatic rings. The quantitative estimate of drug-likeness (QED) is 0.384. The van der Waals surface area contributed by atoms with Gasteiger partial charge >= 0.3 is 0 Å². The molecule has 6 N–H and O–H groups in total. The largest absolute Gasteiger partial charge is 0.403 e. The van der Waals surface area contributed by atoms with Gasteiger partial charge in [-0.3, -0.25) is 0 Å². The minimum atomic E-state index is -0.286. The molecule has 0 aromatic carbocycles. The molecule has 0 radical (unpaired) electrons. The monoisotopic (exact) mass is 284 g/mol. The van der Waals surface area contributed by atoms with E-state index in [1.165, 1.54) is 0 Å². The van der Waals surface area contributed by atoms with E-state index in [0.717, 1.165) is 5.70 Å². The Balaban J connectivity index is 2.58. The van der Waals surface area contributed by atoms with Gasteiger partial charge < -0.3 is 26.3 Å². The smallest absolute Gasteiger partial charge is 0.219 e. The summed E-state index contributed by atoms with van der Waals surface area (Å²) in [7, 11) is 0. The molecule has 0 aliphatic rings. The Hall–Kier alpha value is -1.73. The third-order valence-corrected chi connectivity index (χ3v) is 2.89. The third kappa shape index (κ3) is 4.75. The van der Waals surface area contributed by atoms with Crippen molar-refractivity contribution in [1.82, 2.24) is 10.4 Å². The van der Waals surface area contributed by atoms with E-state index in [2.05, 4.69) is 10.4 Å². The zero-order chi connectivity index (χ0) is 15.0. The Kier molecular flexibility index (Phi) is 6.89. The van der Waals surface area contributed by atoms with Crippen molar-refractivity contribution in [2.75, 3.05) is 25.5 Å². The van der Waals surface area contributed by atoms with Crippen LogP contribution in [0.1, 0.15) is 26.8 Å². The molecule has 0 spiro atoms. The van der Waals surface area contributed by atoms with Gasteiger partial charge in [-0.05, 0) is 13.8 Å². The predicted octanol–water partition coefficient (Wildman–Crippen LogP) is 0.234. The first kappa shape index (κ1) is 16.3. The Morgan fingerprint density at radius 1 is 1.45 bits per heavy atom. The Morgan fingerprint density at radius 2 is 2.10 bits per heavy atom. The molecule has 0 aliphatic heterocycles. The van der Waals surface area contributed by atoms with Crippen molar-refractivity contribution in [3.63, 3.8) is 0 Å². The number of hydrogen-bond acceptors (Lipinski definition) is 5. The number of hydrogen-bond donors (Lipinski definition) is 4. The molecule has 1 unspecified atom stereocenters. The van der Waals surface area contributed by atoms with Gasteiger partial charge in [0.15, 0.2) is 6.29 Å². The standard InChI is InChI=1S/C13H25N5O2/c1-4-19-13(20-5-2)8-16-12(6-14)10(3)18-9-11(15)7-17-18/h6-7,9-10,13,16H,4-5,8,14-15H2,1-3H3/p+1/b12-6-. The van der Waals surface area contributed by atoms with Crippen molar-refractivity contribution >= 4 is 5.69 Å². The molecule has 0 saturated heterocycles. The first-order valence-corrected chi connectivity index (χ1v) is 6.86. The number of aromatic nitrogens is 2. The van der Waals surface area contributed by atoms with Gasteiger partial charge in [0.2, 0.25) is 12.2 Å². The normalized spacial score (nSPS) is 13.7. The maximum Gasteiger partial charge on any atom is 0.219 e. The number of nitrogens with zero attached hydrogens (tertiary/aromatic N) is 1. The second kappa shape index (κ2) is 8.44. The molecular weight excluding hydrogens is 258 g/mol. The van der Waals surface area contributed by atoms with Crippen LogP contribution in [0.2, 0.25) is 0 Å². The van der Waals surface area contributed by atoms with Gasteiger partial charge in [0.05, 0.1) is 18.4 Å². The Morgan fingerprint density at radius 3 is 2.55 bits per heavy atom. The van der Waals surface area contributed by atoms with E-state index < -0.39 is 0 Å². The van der Waals surface area contributed by atoms with Crippen LogP contribution >= 0.6 is 0 Å². The lowest BCUT2D eigenvalue weighted by Crippen LogP contribution is -2.44. The van der Waals surface area contributed by atoms with Crippen molar-refractivity contribution in [2.24, 2.45) is 5.73 Å². The lowest BCUT2D eigenvalue weighted by Gasteiger charge is -2.19. The molecule has 0 bridgehead atoms. The molecule has 20 heavy (non-hydrogen) atoms. The molecule has 0 fully saturated rings. The summed E-state index contributed by atoms with van der Waals surface area (Å²) >= 11 is 0. The summed E-state index contributed by atoms with van der Waals surface area (Å²) in [4.78, 5) is 0. The van der Waals surface area contributed by atoms with E-state index in [1.807, 2.05) is 31.6 Å². The van der Waals surface area contributed by atoms with E-state index in [1.54, 1.807) is 12.4 Å². The van der Waals surface area contributed by atoms with Gasteiger partial charge in [0, 0.05) is 26.3 Å². The molecule has 1 aromatic heterocycles. The number of H-pyrrole nitrogens is 1. The van der Waals surface area contributed by atoms with Crippen LogP contribution in [-0.2, 0) is 9.47 Å². The van der Waals surface area contributed by atoms with Crippen molar-refractivity contribution in [3.8, 4) is 0 Å². The van der Waals surface area contributed by atoms with Crippen LogP contribution < -0.4 is 21.5 Å². The highest BCUT2D eigenvalue weighted by Gasteiger charge is 2.21. The Labute approximate surface area is 119 Å². The highest BCUT2D eigenvalue weighted by atomic mass is 16.7. The fourth-order valence-corrected chi connectivity index (χ4v) is 1.84. The number of rotatable bonds is 9. The minimum Gasteiger partial charge on any atom is -0.403 e. The molecule has 1 rings (SSSR count). The molecule has 0 aliphatic carbocycles. The topological polar surface area (TPSA) is 102 Å². The van der Waals surface area contributed by atoms with Gasteiger partial charge in [-0.2, -0.15) is 5.10 Å². The van der Waals surface area contributed by atoms with Crippen molar-refractivity contribution in [1.29, 1.82) is 0 Å². The highest BCUT2D eigenvalue weighted by Crippen LogP contribution is 2.07. The summed E-state index contributed by atoms with van der Waals surface area (Å²) in [6, 6.07) is 0.0150. The van der Waals surface area contributed by atoms with E-state index >= 15 is 0 Å². The second-order valence-electron chi connectivity index (χ2n) is 4.33. The third-order valence-electron chi connectivity index (χ3n) is 2.89. The van der Waals surface area contributed by atoms with Crippen LogP contribution in [-0.4, -0.2) is 31.1 Å². The molecule has 114 valence electrons. The predicted molar refractivity (Wildman–Crippen MR) is 77.4 cm³/mol. The van der Waals surface area contributed by atoms with Gasteiger partial charge in [-0.1, -0.05) is 0 Å². The van der Waals surface area contributed by atoms with Crippen LogP contribution in [0, 0.1) is 0 Å². The average Bonchev–Trinajstić information content (AvgIpc) is 2.86. The molecular formula is C13H26N5O2+. The van der Waals surface area contributed by atoms with Gasteiger partial charge in [-0.15, -0.1) is 4.68 Å². The summed E-state index contributed by atoms with van der Waals surface area (Å²) < 4.78 is 12.8. The Bertz CT molecular complexity index is 413. The maximum atomic E-state index is 5.70. The van der Waals surface area contributed by atoms with Crippen molar-refractivity contribution in [2.45, 2.75) is 33.1 Å². The van der Waals surface area contributed by atoms with Gasteiger partial charge in [0.1, 0.15) is 5.69 Å². The van der Waals surface area contributed by atoms with E-state index in [-0.39, 0.29) is 12.3 Å². The average molecular weight is 284 g/mol. The fourth-order valence-electron chi connectivity index (χ4n) is 1.84. The number of allylic oxidation sites excluding steroid dienone is 1. The SMILES string of the molecule is CCOC(CN/C(=C\N)C(C)[n+]1cc(N)c[nH]1)OCC. The molecule has 7 nitrogen and oxygen atoms in total. The fraction of sp³-hybridized carbons (Fsp3) is 0.615. The number of nitrogens with two attached hydrogens (primary N) is 2. The second-order valence-corrected chi connectivity index (χ2v) is 4.33. The molecule has 0 amide bonds. The van der Waals surface area contributed by atoms with Crippen LogP contribution in [0.15, 0.2) is 24.3 Å². The van der Waals surface area contributed by atoms with Crippen molar-refractivity contribution < 1.29 is 14.2 Å². The number of nitrogen functional groups attached to an aromatic ring is 1. The highest BCUT2D eigenvalue weighted by molar-refractivity contribution is 5.27.